The van der Waals surface area contributed by atoms with Crippen LogP contribution >= 0.6 is 0 Å². The Morgan fingerprint density at radius 3 is 2.47 bits per heavy atom. The van der Waals surface area contributed by atoms with Crippen molar-refractivity contribution >= 4 is 0 Å². The monoisotopic (exact) mass is 264 g/mol. The molecule has 0 spiro atoms. The normalized spacial score (nSPS) is 23.3. The van der Waals surface area contributed by atoms with Gasteiger partial charge in [0.05, 0.1) is 25.9 Å². The van der Waals surface area contributed by atoms with Gasteiger partial charge in [0.1, 0.15) is 11.9 Å². The molecule has 106 valence electrons. The lowest BCUT2D eigenvalue weighted by Crippen LogP contribution is -2.31. The molecule has 0 amide bonds. The van der Waals surface area contributed by atoms with Gasteiger partial charge in [0, 0.05) is 0 Å². The second-order valence-electron chi connectivity index (χ2n) is 4.92. The second kappa shape index (κ2) is 7.51. The van der Waals surface area contributed by atoms with E-state index in [0.717, 1.165) is 17.7 Å². The maximum absolute atomic E-state index is 5.91. The van der Waals surface area contributed by atoms with E-state index in [-0.39, 0.29) is 12.2 Å². The summed E-state index contributed by atoms with van der Waals surface area (Å²) in [6.07, 6.45) is 3.86. The van der Waals surface area contributed by atoms with E-state index in [1.165, 1.54) is 12.8 Å². The van der Waals surface area contributed by atoms with Gasteiger partial charge in [0.25, 0.3) is 0 Å². The summed E-state index contributed by atoms with van der Waals surface area (Å²) in [5.41, 5.74) is 1.16. The first-order valence-corrected chi connectivity index (χ1v) is 7.29. The van der Waals surface area contributed by atoms with Crippen molar-refractivity contribution in [3.63, 3.8) is 0 Å². The fraction of sp³-hybridized carbons (Fsp3) is 0.625. The first kappa shape index (κ1) is 14.4. The van der Waals surface area contributed by atoms with Crippen LogP contribution in [-0.4, -0.2) is 25.9 Å². The Morgan fingerprint density at radius 2 is 1.89 bits per heavy atom. The van der Waals surface area contributed by atoms with E-state index in [9.17, 15) is 0 Å². The molecule has 1 aliphatic rings. The average Bonchev–Trinajstić information content (AvgIpc) is 2.47. The third-order valence-electron chi connectivity index (χ3n) is 3.41. The molecule has 0 N–H and O–H groups in total. The van der Waals surface area contributed by atoms with Gasteiger partial charge in [-0.3, -0.25) is 0 Å². The van der Waals surface area contributed by atoms with E-state index >= 15 is 0 Å². The highest BCUT2D eigenvalue weighted by atomic mass is 16.6. The van der Waals surface area contributed by atoms with Crippen molar-refractivity contribution in [1.82, 2.24) is 0 Å². The van der Waals surface area contributed by atoms with Crippen LogP contribution in [0.3, 0.4) is 0 Å². The number of ether oxygens (including phenoxy) is 3. The van der Waals surface area contributed by atoms with Crippen molar-refractivity contribution in [3.05, 3.63) is 29.8 Å². The quantitative estimate of drug-likeness (QED) is 0.783. The lowest BCUT2D eigenvalue weighted by molar-refractivity contribution is -0.137. The van der Waals surface area contributed by atoms with Crippen LogP contribution in [0.2, 0.25) is 0 Å². The topological polar surface area (TPSA) is 27.7 Å². The van der Waals surface area contributed by atoms with Gasteiger partial charge < -0.3 is 14.2 Å². The maximum Gasteiger partial charge on any atom is 0.119 e. The highest BCUT2D eigenvalue weighted by Crippen LogP contribution is 2.26. The molecule has 0 saturated carbocycles. The Morgan fingerprint density at radius 1 is 1.11 bits per heavy atom. The molecule has 0 bridgehead atoms. The van der Waals surface area contributed by atoms with Crippen LogP contribution in [0, 0.1) is 0 Å². The van der Waals surface area contributed by atoms with E-state index in [4.69, 9.17) is 14.2 Å². The third-order valence-corrected chi connectivity index (χ3v) is 3.41. The Kier molecular flexibility index (Phi) is 5.67. The van der Waals surface area contributed by atoms with Crippen LogP contribution in [0.25, 0.3) is 0 Å². The summed E-state index contributed by atoms with van der Waals surface area (Å²) in [6.45, 7) is 6.25. The van der Waals surface area contributed by atoms with Crippen molar-refractivity contribution in [1.29, 1.82) is 0 Å². The smallest absolute Gasteiger partial charge is 0.119 e. The summed E-state index contributed by atoms with van der Waals surface area (Å²) >= 11 is 0. The highest BCUT2D eigenvalue weighted by molar-refractivity contribution is 5.28. The summed E-state index contributed by atoms with van der Waals surface area (Å²) in [6, 6.07) is 8.10. The summed E-state index contributed by atoms with van der Waals surface area (Å²) in [4.78, 5) is 0. The molecule has 2 rings (SSSR count). The summed E-state index contributed by atoms with van der Waals surface area (Å²) < 4.78 is 17.2. The molecule has 2 atom stereocenters. The lowest BCUT2D eigenvalue weighted by atomic mass is 10.1. The molecule has 3 nitrogen and oxygen atoms in total. The number of hydrogen-bond acceptors (Lipinski definition) is 3. The lowest BCUT2D eigenvalue weighted by Gasteiger charge is -2.29. The predicted octanol–water partition coefficient (Wildman–Crippen LogP) is 3.73. The van der Waals surface area contributed by atoms with Gasteiger partial charge in [-0.05, 0) is 31.0 Å². The van der Waals surface area contributed by atoms with E-state index < -0.39 is 0 Å². The summed E-state index contributed by atoms with van der Waals surface area (Å²) in [7, 11) is 0. The van der Waals surface area contributed by atoms with Crippen LogP contribution in [0.5, 0.6) is 5.75 Å². The molecular weight excluding hydrogens is 240 g/mol. The fourth-order valence-electron chi connectivity index (χ4n) is 2.28. The first-order chi connectivity index (χ1) is 9.33. The van der Waals surface area contributed by atoms with Gasteiger partial charge in [-0.15, -0.1) is 0 Å². The van der Waals surface area contributed by atoms with E-state index in [1.807, 2.05) is 19.1 Å². The second-order valence-corrected chi connectivity index (χ2v) is 4.92. The van der Waals surface area contributed by atoms with Crippen molar-refractivity contribution in [3.8, 4) is 5.75 Å². The van der Waals surface area contributed by atoms with E-state index in [0.29, 0.717) is 19.8 Å². The summed E-state index contributed by atoms with van der Waals surface area (Å²) in [5, 5.41) is 0. The molecule has 0 radical (unpaired) electrons. The molecule has 1 heterocycles. The van der Waals surface area contributed by atoms with Gasteiger partial charge in [-0.1, -0.05) is 31.9 Å². The van der Waals surface area contributed by atoms with Gasteiger partial charge in [0.2, 0.25) is 0 Å². The largest absolute Gasteiger partial charge is 0.494 e. The molecule has 1 aromatic rings. The van der Waals surface area contributed by atoms with Crippen LogP contribution in [0.4, 0.5) is 0 Å². The number of unbranched alkanes of at least 4 members (excludes halogenated alkanes) is 1. The third kappa shape index (κ3) is 4.22. The number of rotatable bonds is 6. The highest BCUT2D eigenvalue weighted by Gasteiger charge is 2.22. The van der Waals surface area contributed by atoms with Crippen molar-refractivity contribution in [2.45, 2.75) is 45.3 Å². The van der Waals surface area contributed by atoms with Crippen molar-refractivity contribution in [2.24, 2.45) is 0 Å². The molecule has 19 heavy (non-hydrogen) atoms. The zero-order chi connectivity index (χ0) is 13.5. The molecular formula is C16H24O3. The van der Waals surface area contributed by atoms with Crippen molar-refractivity contribution < 1.29 is 14.2 Å². The van der Waals surface area contributed by atoms with Gasteiger partial charge in [0.15, 0.2) is 0 Å². The Balaban J connectivity index is 1.83. The molecule has 1 fully saturated rings. The minimum Gasteiger partial charge on any atom is -0.494 e. The number of benzene rings is 1. The molecule has 1 aromatic carbocycles. The molecule has 0 aliphatic carbocycles. The Hall–Kier alpha value is -1.06. The molecule has 3 heteroatoms. The SMILES string of the molecule is CCCC[C@@H]1CO[C@@H](c2ccc(OCC)cc2)CO1. The van der Waals surface area contributed by atoms with E-state index in [2.05, 4.69) is 19.1 Å². The van der Waals surface area contributed by atoms with Gasteiger partial charge in [-0.25, -0.2) is 0 Å². The zero-order valence-electron chi connectivity index (χ0n) is 11.9. The van der Waals surface area contributed by atoms with Gasteiger partial charge in [-0.2, -0.15) is 0 Å². The minimum absolute atomic E-state index is 0.0635. The van der Waals surface area contributed by atoms with Crippen LogP contribution < -0.4 is 4.74 Å². The van der Waals surface area contributed by atoms with Gasteiger partial charge >= 0.3 is 0 Å². The maximum atomic E-state index is 5.91. The predicted molar refractivity (Wildman–Crippen MR) is 75.6 cm³/mol. The first-order valence-electron chi connectivity index (χ1n) is 7.29. The molecule has 0 unspecified atom stereocenters. The Labute approximate surface area is 115 Å². The number of hydrogen-bond donors (Lipinski definition) is 0. The minimum atomic E-state index is 0.0635. The summed E-state index contributed by atoms with van der Waals surface area (Å²) in [5.74, 6) is 0.906. The fourth-order valence-corrected chi connectivity index (χ4v) is 2.28. The van der Waals surface area contributed by atoms with Crippen LogP contribution in [0.15, 0.2) is 24.3 Å². The standard InChI is InChI=1S/C16H24O3/c1-3-5-6-15-11-19-16(12-18-15)13-7-9-14(10-8-13)17-4-2/h7-10,15-16H,3-6,11-12H2,1-2H3/t15-,16-/m1/s1. The van der Waals surface area contributed by atoms with E-state index in [1.54, 1.807) is 0 Å². The molecule has 1 aliphatic heterocycles. The van der Waals surface area contributed by atoms with Crippen molar-refractivity contribution in [2.75, 3.05) is 19.8 Å². The van der Waals surface area contributed by atoms with Crippen LogP contribution in [0.1, 0.15) is 44.8 Å². The Bertz CT molecular complexity index is 353. The zero-order valence-corrected chi connectivity index (χ0v) is 11.9. The molecule has 1 saturated heterocycles. The van der Waals surface area contributed by atoms with Crippen LogP contribution in [-0.2, 0) is 9.47 Å². The average molecular weight is 264 g/mol. The molecule has 0 aromatic heterocycles.